The number of furan rings is 1. The lowest BCUT2D eigenvalue weighted by atomic mass is 10.5. The first-order valence-corrected chi connectivity index (χ1v) is 3.95. The number of ether oxygens (including phenoxy) is 1. The minimum atomic E-state index is -0.295. The third-order valence-corrected chi connectivity index (χ3v) is 0.998. The van der Waals surface area contributed by atoms with Gasteiger partial charge in [0.2, 0.25) is 0 Å². The molecule has 0 aromatic carbocycles. The van der Waals surface area contributed by atoms with Gasteiger partial charge < -0.3 is 9.15 Å². The Labute approximate surface area is 72.3 Å². The maximum absolute atomic E-state index is 10.3. The summed E-state index contributed by atoms with van der Waals surface area (Å²) in [5, 5.41) is 0. The molecule has 3 heteroatoms. The van der Waals surface area contributed by atoms with Crippen molar-refractivity contribution in [1.29, 1.82) is 0 Å². The van der Waals surface area contributed by atoms with E-state index in [1.165, 1.54) is 6.92 Å². The predicted octanol–water partition coefficient (Wildman–Crippen LogP) is 2.37. The van der Waals surface area contributed by atoms with Gasteiger partial charge in [-0.25, -0.2) is 0 Å². The van der Waals surface area contributed by atoms with Crippen LogP contribution in [0.25, 0.3) is 0 Å². The second-order valence-electron chi connectivity index (χ2n) is 1.86. The Bertz CT molecular complexity index is 202. The van der Waals surface area contributed by atoms with E-state index in [4.69, 9.17) is 4.42 Å². The Balaban J connectivity index is 0.000000561. The summed E-state index contributed by atoms with van der Waals surface area (Å²) in [4.78, 5) is 10.3. The van der Waals surface area contributed by atoms with Gasteiger partial charge in [-0.05, 0) is 12.1 Å². The van der Waals surface area contributed by atoms with E-state index in [0.29, 0.717) is 5.76 Å². The molecule has 0 aliphatic carbocycles. The topological polar surface area (TPSA) is 39.4 Å². The molecule has 12 heavy (non-hydrogen) atoms. The summed E-state index contributed by atoms with van der Waals surface area (Å²) >= 11 is 0. The molecule has 1 aromatic heterocycles. The lowest BCUT2D eigenvalue weighted by Crippen LogP contribution is -1.97. The Morgan fingerprint density at radius 3 is 2.67 bits per heavy atom. The van der Waals surface area contributed by atoms with Crippen molar-refractivity contribution in [3.8, 4) is 0 Å². The molecular weight excluding hydrogens is 156 g/mol. The maximum Gasteiger partial charge on any atom is 0.303 e. The molecule has 0 saturated heterocycles. The average molecular weight is 170 g/mol. The van der Waals surface area contributed by atoms with E-state index >= 15 is 0 Å². The van der Waals surface area contributed by atoms with Crippen LogP contribution in [0, 0.1) is 0 Å². The van der Waals surface area contributed by atoms with Crippen LogP contribution in [0.15, 0.2) is 22.8 Å². The number of hydrogen-bond donors (Lipinski definition) is 0. The second-order valence-corrected chi connectivity index (χ2v) is 1.86. The Morgan fingerprint density at radius 2 is 2.25 bits per heavy atom. The fourth-order valence-corrected chi connectivity index (χ4v) is 0.567. The van der Waals surface area contributed by atoms with Crippen molar-refractivity contribution in [3.63, 3.8) is 0 Å². The van der Waals surface area contributed by atoms with Gasteiger partial charge in [0.15, 0.2) is 0 Å². The monoisotopic (exact) mass is 170 g/mol. The first-order valence-electron chi connectivity index (χ1n) is 3.95. The van der Waals surface area contributed by atoms with Crippen LogP contribution in [0.1, 0.15) is 26.5 Å². The van der Waals surface area contributed by atoms with Gasteiger partial charge in [0, 0.05) is 6.92 Å². The molecule has 0 saturated carbocycles. The summed E-state index contributed by atoms with van der Waals surface area (Å²) in [7, 11) is 0. The molecule has 0 aliphatic rings. The minimum Gasteiger partial charge on any atom is -0.466 e. The molecule has 3 nitrogen and oxygen atoms in total. The molecule has 0 N–H and O–H groups in total. The standard InChI is InChI=1S/C7H8O3.C2H6/c1-6(8)10-5-7-3-2-4-9-7;1-2/h2-4H,5H2,1H3;1-2H3. The number of carbonyl (C=O) groups is 1. The summed E-state index contributed by atoms with van der Waals surface area (Å²) in [5.41, 5.74) is 0. The van der Waals surface area contributed by atoms with Crippen molar-refractivity contribution in [2.24, 2.45) is 0 Å². The molecule has 0 bridgehead atoms. The molecule has 0 radical (unpaired) electrons. The van der Waals surface area contributed by atoms with Crippen LogP contribution >= 0.6 is 0 Å². The van der Waals surface area contributed by atoms with Crippen LogP contribution in [0.4, 0.5) is 0 Å². The van der Waals surface area contributed by atoms with E-state index < -0.39 is 0 Å². The van der Waals surface area contributed by atoms with Crippen LogP contribution in [0.5, 0.6) is 0 Å². The molecule has 0 amide bonds. The van der Waals surface area contributed by atoms with E-state index in [0.717, 1.165) is 0 Å². The van der Waals surface area contributed by atoms with Crippen molar-refractivity contribution >= 4 is 5.97 Å². The molecule has 0 atom stereocenters. The first kappa shape index (κ1) is 10.8. The van der Waals surface area contributed by atoms with E-state index in [1.54, 1.807) is 18.4 Å². The van der Waals surface area contributed by atoms with E-state index in [-0.39, 0.29) is 12.6 Å². The van der Waals surface area contributed by atoms with Crippen molar-refractivity contribution in [1.82, 2.24) is 0 Å². The normalized spacial score (nSPS) is 8.25. The third kappa shape index (κ3) is 4.55. The number of esters is 1. The Hall–Kier alpha value is -1.25. The smallest absolute Gasteiger partial charge is 0.303 e. The lowest BCUT2D eigenvalue weighted by Gasteiger charge is -1.95. The zero-order valence-corrected chi connectivity index (χ0v) is 7.66. The van der Waals surface area contributed by atoms with Crippen molar-refractivity contribution < 1.29 is 13.9 Å². The van der Waals surface area contributed by atoms with Crippen LogP contribution in [-0.4, -0.2) is 5.97 Å². The third-order valence-electron chi connectivity index (χ3n) is 0.998. The molecule has 0 unspecified atom stereocenters. The fourth-order valence-electron chi connectivity index (χ4n) is 0.567. The molecule has 68 valence electrons. The molecular formula is C9H14O3. The highest BCUT2D eigenvalue weighted by atomic mass is 16.5. The van der Waals surface area contributed by atoms with Crippen molar-refractivity contribution in [2.75, 3.05) is 0 Å². The van der Waals surface area contributed by atoms with Gasteiger partial charge in [0.1, 0.15) is 12.4 Å². The molecule has 1 heterocycles. The highest BCUT2D eigenvalue weighted by Gasteiger charge is 1.96. The Morgan fingerprint density at radius 1 is 1.58 bits per heavy atom. The molecule has 1 rings (SSSR count). The largest absolute Gasteiger partial charge is 0.466 e. The molecule has 1 aromatic rings. The van der Waals surface area contributed by atoms with Crippen LogP contribution in [-0.2, 0) is 16.1 Å². The Kier molecular flexibility index (Phi) is 5.79. The molecule has 0 spiro atoms. The van der Waals surface area contributed by atoms with Crippen molar-refractivity contribution in [2.45, 2.75) is 27.4 Å². The van der Waals surface area contributed by atoms with Gasteiger partial charge in [-0.15, -0.1) is 0 Å². The lowest BCUT2D eigenvalue weighted by molar-refractivity contribution is -0.142. The minimum absolute atomic E-state index is 0.225. The number of carbonyl (C=O) groups excluding carboxylic acids is 1. The van der Waals surface area contributed by atoms with E-state index in [2.05, 4.69) is 4.74 Å². The quantitative estimate of drug-likeness (QED) is 0.639. The predicted molar refractivity (Wildman–Crippen MR) is 45.5 cm³/mol. The number of hydrogen-bond acceptors (Lipinski definition) is 3. The van der Waals surface area contributed by atoms with Crippen LogP contribution < -0.4 is 0 Å². The zero-order valence-electron chi connectivity index (χ0n) is 7.66. The summed E-state index contributed by atoms with van der Waals surface area (Å²) in [5.74, 6) is 0.367. The zero-order chi connectivity index (χ0) is 9.40. The van der Waals surface area contributed by atoms with E-state index in [1.807, 2.05) is 13.8 Å². The van der Waals surface area contributed by atoms with Gasteiger partial charge in [0.25, 0.3) is 0 Å². The summed E-state index contributed by atoms with van der Waals surface area (Å²) in [6, 6.07) is 3.50. The maximum atomic E-state index is 10.3. The van der Waals surface area contributed by atoms with Gasteiger partial charge in [-0.2, -0.15) is 0 Å². The summed E-state index contributed by atoms with van der Waals surface area (Å²) in [6.07, 6.45) is 1.54. The van der Waals surface area contributed by atoms with Crippen LogP contribution in [0.3, 0.4) is 0 Å². The van der Waals surface area contributed by atoms with Gasteiger partial charge >= 0.3 is 5.97 Å². The van der Waals surface area contributed by atoms with Gasteiger partial charge in [0.05, 0.1) is 6.26 Å². The van der Waals surface area contributed by atoms with Crippen molar-refractivity contribution in [3.05, 3.63) is 24.2 Å². The van der Waals surface area contributed by atoms with E-state index in [9.17, 15) is 4.79 Å². The molecule has 0 fully saturated rings. The average Bonchev–Trinajstić information content (AvgIpc) is 2.56. The summed E-state index contributed by atoms with van der Waals surface area (Å²) in [6.45, 7) is 5.59. The van der Waals surface area contributed by atoms with Gasteiger partial charge in [-0.3, -0.25) is 4.79 Å². The first-order chi connectivity index (χ1) is 5.79. The second kappa shape index (κ2) is 6.46. The van der Waals surface area contributed by atoms with Gasteiger partial charge in [-0.1, -0.05) is 13.8 Å². The fraction of sp³-hybridized carbons (Fsp3) is 0.444. The SMILES string of the molecule is CC.CC(=O)OCc1ccco1. The highest BCUT2D eigenvalue weighted by Crippen LogP contribution is 2.01. The van der Waals surface area contributed by atoms with Crippen LogP contribution in [0.2, 0.25) is 0 Å². The summed E-state index contributed by atoms with van der Waals surface area (Å²) < 4.78 is 9.56. The molecule has 0 aliphatic heterocycles. The number of rotatable bonds is 2. The highest BCUT2D eigenvalue weighted by molar-refractivity contribution is 5.65.